The first-order valence-corrected chi connectivity index (χ1v) is 11.7. The Kier molecular flexibility index (Phi) is 13.0. The zero-order chi connectivity index (χ0) is 24.8. The molecule has 33 heavy (non-hydrogen) atoms. The minimum Gasteiger partial charge on any atom is -0.483 e. The molecular weight excluding hydrogens is 453 g/mol. The number of aryl methyl sites for hydroxylation is 1. The van der Waals surface area contributed by atoms with E-state index in [-0.39, 0.29) is 6.47 Å². The van der Waals surface area contributed by atoms with E-state index < -0.39 is 0 Å². The monoisotopic (exact) mass is 485 g/mol. The molecule has 0 spiro atoms. The highest BCUT2D eigenvalue weighted by molar-refractivity contribution is 6.35. The van der Waals surface area contributed by atoms with Gasteiger partial charge in [0.2, 0.25) is 0 Å². The van der Waals surface area contributed by atoms with Crippen molar-refractivity contribution in [2.24, 2.45) is 0 Å². The van der Waals surface area contributed by atoms with Crippen LogP contribution >= 0.6 is 23.2 Å². The van der Waals surface area contributed by atoms with Crippen LogP contribution in [0.25, 0.3) is 22.4 Å². The highest BCUT2D eigenvalue weighted by atomic mass is 35.5. The van der Waals surface area contributed by atoms with Crippen LogP contribution in [-0.2, 0) is 4.79 Å². The predicted molar refractivity (Wildman–Crippen MR) is 144 cm³/mol. The van der Waals surface area contributed by atoms with Gasteiger partial charge in [-0.1, -0.05) is 73.1 Å². The Bertz CT molecular complexity index is 1070. The van der Waals surface area contributed by atoms with Crippen molar-refractivity contribution >= 4 is 35.2 Å². The van der Waals surface area contributed by atoms with Gasteiger partial charge in [0.05, 0.1) is 5.88 Å². The molecule has 0 saturated heterocycles. The number of alkyl halides is 1. The lowest BCUT2D eigenvalue weighted by molar-refractivity contribution is -0.122. The summed E-state index contributed by atoms with van der Waals surface area (Å²) in [6.07, 6.45) is 5.12. The molecule has 0 unspecified atom stereocenters. The van der Waals surface area contributed by atoms with Crippen LogP contribution in [0.3, 0.4) is 0 Å². The fourth-order valence-corrected chi connectivity index (χ4v) is 3.55. The van der Waals surface area contributed by atoms with E-state index in [0.717, 1.165) is 6.42 Å². The Balaban J connectivity index is 0.000000518. The lowest BCUT2D eigenvalue weighted by Crippen LogP contribution is -2.01. The normalized spacial score (nSPS) is 11.1. The highest BCUT2D eigenvalue weighted by Gasteiger charge is 2.15. The van der Waals surface area contributed by atoms with Gasteiger partial charge in [-0.2, -0.15) is 0 Å². The van der Waals surface area contributed by atoms with Gasteiger partial charge in [-0.25, -0.2) is 0 Å². The predicted octanol–water partition coefficient (Wildman–Crippen LogP) is 8.64. The van der Waals surface area contributed by atoms with Crippen LogP contribution in [0.5, 0.6) is 0 Å². The number of aromatic nitrogens is 1. The summed E-state index contributed by atoms with van der Waals surface area (Å²) in [7, 11) is 0. The first kappa shape index (κ1) is 28.3. The number of carbonyl (C=O) groups is 1. The van der Waals surface area contributed by atoms with Crippen LogP contribution in [0.2, 0.25) is 0 Å². The second kappa shape index (κ2) is 15.2. The Morgan fingerprint density at radius 3 is 2.18 bits per heavy atom. The summed E-state index contributed by atoms with van der Waals surface area (Å²) in [5, 5.41) is 7.59. The Morgan fingerprint density at radius 1 is 1.06 bits per heavy atom. The number of allylic oxidation sites excluding steroid dienone is 4. The van der Waals surface area contributed by atoms with Gasteiger partial charge in [-0.3, -0.25) is 4.79 Å². The number of nitrogens with zero attached hydrogens (tertiary/aromatic N) is 1. The number of hydrogen-bond acceptors (Lipinski definition) is 1. The minimum atomic E-state index is -0.250. The number of rotatable bonds is 5. The first-order valence-electron chi connectivity index (χ1n) is 10.8. The van der Waals surface area contributed by atoms with Crippen molar-refractivity contribution in [2.45, 2.75) is 41.0 Å². The molecule has 2 aromatic carbocycles. The molecule has 1 N–H and O–H groups in total. The van der Waals surface area contributed by atoms with Crippen LogP contribution in [0.15, 0.2) is 77.8 Å². The molecule has 1 heterocycles. The molecule has 5 heteroatoms. The zero-order valence-corrected chi connectivity index (χ0v) is 21.5. The second-order valence-corrected chi connectivity index (χ2v) is 8.09. The number of benzene rings is 2. The largest absolute Gasteiger partial charge is 0.483 e. The molecule has 0 fully saturated rings. The molecule has 0 saturated carbocycles. The topological polar surface area (TPSA) is 42.2 Å². The summed E-state index contributed by atoms with van der Waals surface area (Å²) in [5.41, 5.74) is 8.97. The third-order valence-electron chi connectivity index (χ3n) is 4.95. The third-order valence-corrected chi connectivity index (χ3v) is 5.72. The van der Waals surface area contributed by atoms with Crippen molar-refractivity contribution in [1.29, 1.82) is 0 Å². The maximum absolute atomic E-state index is 8.36. The fourth-order valence-electron chi connectivity index (χ4n) is 3.39. The molecule has 3 rings (SSSR count). The molecular formula is C28H33Cl2NO2. The second-order valence-electron chi connectivity index (χ2n) is 7.34. The molecule has 0 atom stereocenters. The van der Waals surface area contributed by atoms with E-state index >= 15 is 0 Å². The molecule has 0 aliphatic rings. The number of hydrogen-bond donors (Lipinski definition) is 1. The lowest BCUT2D eigenvalue weighted by atomic mass is 10.1. The van der Waals surface area contributed by atoms with E-state index in [0.29, 0.717) is 10.9 Å². The summed E-state index contributed by atoms with van der Waals surface area (Å²) >= 11 is 10.6. The van der Waals surface area contributed by atoms with Crippen molar-refractivity contribution in [3.05, 3.63) is 94.8 Å². The van der Waals surface area contributed by atoms with Gasteiger partial charge in [0.15, 0.2) is 0 Å². The van der Waals surface area contributed by atoms with E-state index in [9.17, 15) is 0 Å². The van der Waals surface area contributed by atoms with Crippen molar-refractivity contribution in [3.63, 3.8) is 0 Å². The molecule has 0 bridgehead atoms. The molecule has 176 valence electrons. The zero-order valence-electron chi connectivity index (χ0n) is 20.0. The van der Waals surface area contributed by atoms with E-state index in [1.54, 1.807) is 6.08 Å². The van der Waals surface area contributed by atoms with Gasteiger partial charge in [0.1, 0.15) is 0 Å². The van der Waals surface area contributed by atoms with Gasteiger partial charge in [-0.05, 0) is 69.0 Å². The number of carboxylic acid groups (broad SMARTS) is 1. The molecule has 0 radical (unpaired) electrons. The lowest BCUT2D eigenvalue weighted by Gasteiger charge is -2.13. The van der Waals surface area contributed by atoms with Crippen molar-refractivity contribution in [1.82, 2.24) is 4.57 Å². The van der Waals surface area contributed by atoms with Crippen LogP contribution in [0, 0.1) is 13.8 Å². The van der Waals surface area contributed by atoms with Crippen LogP contribution in [0.1, 0.15) is 44.1 Å². The van der Waals surface area contributed by atoms with Crippen LogP contribution < -0.4 is 0 Å². The van der Waals surface area contributed by atoms with Gasteiger partial charge in [-0.15, -0.1) is 11.6 Å². The Labute approximate surface area is 208 Å². The summed E-state index contributed by atoms with van der Waals surface area (Å²) < 4.78 is 2.39. The first-order chi connectivity index (χ1) is 15.8. The summed E-state index contributed by atoms with van der Waals surface area (Å²) in [4.78, 5) is 8.36. The standard InChI is InChI=1S/C23H25N.C4H6Cl2.CH2O2/c1-5-10-18(3)23-16-22(20-12-7-6-8-13-20)19(4)24(23)21-14-9-11-17(2)15-21;1-2-4(6)3-5;2-1-3/h6-16H,5H2,1-4H3;2H,3H2,1H3;1H,(H,2,3)/b18-10+;4-2+;. The van der Waals surface area contributed by atoms with E-state index in [4.69, 9.17) is 33.1 Å². The quantitative estimate of drug-likeness (QED) is 0.290. The summed E-state index contributed by atoms with van der Waals surface area (Å²) in [6, 6.07) is 21.7. The number of halogens is 2. The van der Waals surface area contributed by atoms with Gasteiger partial charge >= 0.3 is 0 Å². The van der Waals surface area contributed by atoms with Crippen molar-refractivity contribution in [3.8, 4) is 16.8 Å². The summed E-state index contributed by atoms with van der Waals surface area (Å²) in [5.74, 6) is 0.429. The smallest absolute Gasteiger partial charge is 0.290 e. The molecule has 3 nitrogen and oxygen atoms in total. The maximum atomic E-state index is 8.36. The highest BCUT2D eigenvalue weighted by Crippen LogP contribution is 2.33. The average Bonchev–Trinajstić information content (AvgIpc) is 3.17. The van der Waals surface area contributed by atoms with Gasteiger partial charge in [0, 0.05) is 27.7 Å². The van der Waals surface area contributed by atoms with Gasteiger partial charge < -0.3 is 9.67 Å². The Hall–Kier alpha value is -2.75. The molecule has 3 aromatic rings. The molecule has 1 aromatic heterocycles. The summed E-state index contributed by atoms with van der Waals surface area (Å²) in [6.45, 7) is 10.4. The average molecular weight is 486 g/mol. The molecule has 0 aliphatic carbocycles. The Morgan fingerprint density at radius 2 is 1.70 bits per heavy atom. The van der Waals surface area contributed by atoms with E-state index in [2.05, 4.69) is 99.0 Å². The van der Waals surface area contributed by atoms with Gasteiger partial charge in [0.25, 0.3) is 6.47 Å². The SMILES string of the molecule is C/C=C(/Cl)CCl.CC/C=C(\C)c1cc(-c2ccccc2)c(C)n1-c1cccc(C)c1.O=CO. The molecule has 0 aliphatic heterocycles. The minimum absolute atomic E-state index is 0.250. The van der Waals surface area contributed by atoms with Crippen molar-refractivity contribution < 1.29 is 9.90 Å². The maximum Gasteiger partial charge on any atom is 0.290 e. The van der Waals surface area contributed by atoms with Crippen LogP contribution in [0.4, 0.5) is 0 Å². The third kappa shape index (κ3) is 8.60. The van der Waals surface area contributed by atoms with Crippen molar-refractivity contribution in [2.75, 3.05) is 5.88 Å². The van der Waals surface area contributed by atoms with E-state index in [1.165, 1.54) is 39.3 Å². The van der Waals surface area contributed by atoms with E-state index in [1.807, 2.05) is 6.92 Å². The fraction of sp³-hybridized carbons (Fsp3) is 0.250. The molecule has 0 amide bonds. The van der Waals surface area contributed by atoms with Crippen LogP contribution in [-0.4, -0.2) is 22.0 Å².